The van der Waals surface area contributed by atoms with Crippen molar-refractivity contribution in [3.05, 3.63) is 41.5 Å². The van der Waals surface area contributed by atoms with Gasteiger partial charge in [-0.15, -0.1) is 0 Å². The lowest BCUT2D eigenvalue weighted by Gasteiger charge is -2.00. The Morgan fingerprint density at radius 1 is 1.25 bits per heavy atom. The molecule has 1 aliphatic heterocycles. The zero-order valence-corrected chi connectivity index (χ0v) is 8.64. The van der Waals surface area contributed by atoms with Gasteiger partial charge in [-0.05, 0) is 6.92 Å². The fourth-order valence-electron chi connectivity index (χ4n) is 1.53. The number of carbonyl (C=O) groups excluding carboxylic acids is 2. The number of aliphatic hydroxyl groups is 1. The lowest BCUT2D eigenvalue weighted by Crippen LogP contribution is -2.11. The van der Waals surface area contributed by atoms with E-state index in [1.807, 2.05) is 0 Å². The van der Waals surface area contributed by atoms with Crippen molar-refractivity contribution >= 4 is 17.5 Å². The molecule has 82 valence electrons. The minimum absolute atomic E-state index is 0.265. The van der Waals surface area contributed by atoms with Gasteiger partial charge in [0.05, 0.1) is 0 Å². The van der Waals surface area contributed by atoms with Crippen LogP contribution >= 0.6 is 0 Å². The number of esters is 1. The van der Waals surface area contributed by atoms with E-state index in [-0.39, 0.29) is 11.3 Å². The van der Waals surface area contributed by atoms with Crippen LogP contribution < -0.4 is 0 Å². The van der Waals surface area contributed by atoms with Crippen molar-refractivity contribution in [2.45, 2.75) is 13.0 Å². The summed E-state index contributed by atoms with van der Waals surface area (Å²) >= 11 is 0. The third kappa shape index (κ3) is 1.58. The van der Waals surface area contributed by atoms with Gasteiger partial charge in [-0.1, -0.05) is 30.3 Å². The molecule has 4 nitrogen and oxygen atoms in total. The Hall–Kier alpha value is -2.10. The zero-order chi connectivity index (χ0) is 11.7. The molecule has 1 aliphatic rings. The minimum atomic E-state index is -0.812. The summed E-state index contributed by atoms with van der Waals surface area (Å²) in [6.45, 7) is 1.48. The second-order valence-corrected chi connectivity index (χ2v) is 3.50. The number of cyclic esters (lactones) is 1. The Balaban J connectivity index is 2.50. The van der Waals surface area contributed by atoms with Gasteiger partial charge in [0, 0.05) is 5.56 Å². The number of ether oxygens (including phenoxy) is 1. The van der Waals surface area contributed by atoms with Crippen LogP contribution in [0, 0.1) is 0 Å². The van der Waals surface area contributed by atoms with Crippen molar-refractivity contribution in [2.24, 2.45) is 0 Å². The minimum Gasteiger partial charge on any atom is -0.506 e. The highest BCUT2D eigenvalue weighted by Gasteiger charge is 2.38. The van der Waals surface area contributed by atoms with Crippen LogP contribution in [0.3, 0.4) is 0 Å². The van der Waals surface area contributed by atoms with Gasteiger partial charge in [-0.25, -0.2) is 4.79 Å². The highest BCUT2D eigenvalue weighted by molar-refractivity contribution is 6.27. The summed E-state index contributed by atoms with van der Waals surface area (Å²) in [4.78, 5) is 22.9. The van der Waals surface area contributed by atoms with Crippen LogP contribution in [-0.4, -0.2) is 23.0 Å². The monoisotopic (exact) mass is 218 g/mol. The largest absolute Gasteiger partial charge is 0.506 e. The molecular weight excluding hydrogens is 208 g/mol. The molecule has 0 aromatic heterocycles. The molecule has 1 N–H and O–H groups in total. The number of hydrogen-bond acceptors (Lipinski definition) is 4. The van der Waals surface area contributed by atoms with E-state index in [1.165, 1.54) is 6.92 Å². The van der Waals surface area contributed by atoms with E-state index in [0.717, 1.165) is 0 Å². The Morgan fingerprint density at radius 3 is 2.38 bits per heavy atom. The molecule has 16 heavy (non-hydrogen) atoms. The first kappa shape index (κ1) is 10.4. The maximum atomic E-state index is 11.6. The molecule has 0 saturated carbocycles. The maximum absolute atomic E-state index is 11.6. The zero-order valence-electron chi connectivity index (χ0n) is 8.64. The molecule has 0 amide bonds. The highest BCUT2D eigenvalue weighted by Crippen LogP contribution is 2.24. The van der Waals surface area contributed by atoms with Gasteiger partial charge in [-0.2, -0.15) is 0 Å². The SMILES string of the molecule is CC1OC(=O)C(=C(O)c2ccccc2)C1=O. The fraction of sp³-hybridized carbons (Fsp3) is 0.167. The summed E-state index contributed by atoms with van der Waals surface area (Å²) in [5.41, 5.74) is 0.163. The Labute approximate surface area is 92.2 Å². The van der Waals surface area contributed by atoms with E-state index in [4.69, 9.17) is 4.74 Å². The van der Waals surface area contributed by atoms with Gasteiger partial charge in [0.1, 0.15) is 11.3 Å². The molecule has 1 fully saturated rings. The molecule has 1 saturated heterocycles. The number of ketones is 1. The lowest BCUT2D eigenvalue weighted by molar-refractivity contribution is -0.139. The normalized spacial score (nSPS) is 23.2. The summed E-state index contributed by atoms with van der Waals surface area (Å²) in [6, 6.07) is 8.43. The first-order chi connectivity index (χ1) is 7.61. The maximum Gasteiger partial charge on any atom is 0.346 e. The first-order valence-electron chi connectivity index (χ1n) is 4.85. The number of hydrogen-bond donors (Lipinski definition) is 1. The molecule has 0 aliphatic carbocycles. The predicted octanol–water partition coefficient (Wildman–Crippen LogP) is 1.47. The summed E-state index contributed by atoms with van der Waals surface area (Å²) in [5.74, 6) is -1.56. The van der Waals surface area contributed by atoms with E-state index in [1.54, 1.807) is 30.3 Å². The number of carbonyl (C=O) groups is 2. The second-order valence-electron chi connectivity index (χ2n) is 3.50. The van der Waals surface area contributed by atoms with Crippen molar-refractivity contribution < 1.29 is 19.4 Å². The van der Waals surface area contributed by atoms with Crippen molar-refractivity contribution in [1.29, 1.82) is 0 Å². The van der Waals surface area contributed by atoms with E-state index < -0.39 is 17.9 Å². The molecule has 1 heterocycles. The van der Waals surface area contributed by atoms with Crippen molar-refractivity contribution in [1.82, 2.24) is 0 Å². The molecule has 1 unspecified atom stereocenters. The van der Waals surface area contributed by atoms with Crippen LogP contribution in [0.2, 0.25) is 0 Å². The van der Waals surface area contributed by atoms with Crippen LogP contribution in [0.4, 0.5) is 0 Å². The van der Waals surface area contributed by atoms with E-state index >= 15 is 0 Å². The van der Waals surface area contributed by atoms with Crippen molar-refractivity contribution in [2.75, 3.05) is 0 Å². The van der Waals surface area contributed by atoms with Gasteiger partial charge < -0.3 is 9.84 Å². The lowest BCUT2D eigenvalue weighted by atomic mass is 10.0. The Kier molecular flexibility index (Phi) is 2.48. The first-order valence-corrected chi connectivity index (χ1v) is 4.85. The molecule has 0 bridgehead atoms. The third-order valence-electron chi connectivity index (χ3n) is 2.39. The Morgan fingerprint density at radius 2 is 1.88 bits per heavy atom. The third-order valence-corrected chi connectivity index (χ3v) is 2.39. The standard InChI is InChI=1S/C12H10O4/c1-7-10(13)9(12(15)16-7)11(14)8-5-3-2-4-6-8/h2-7,14H,1H3. The molecule has 1 aromatic rings. The molecular formula is C12H10O4. The van der Waals surface area contributed by atoms with Gasteiger partial charge in [0.25, 0.3) is 0 Å². The van der Waals surface area contributed by atoms with Crippen LogP contribution in [0.5, 0.6) is 0 Å². The average Bonchev–Trinajstić information content (AvgIpc) is 2.54. The molecule has 0 spiro atoms. The molecule has 2 rings (SSSR count). The average molecular weight is 218 g/mol. The number of rotatable bonds is 1. The molecule has 4 heteroatoms. The van der Waals surface area contributed by atoms with Gasteiger partial charge in [0.2, 0.25) is 5.78 Å². The summed E-state index contributed by atoms with van der Waals surface area (Å²) in [7, 11) is 0. The molecule has 1 aromatic carbocycles. The van der Waals surface area contributed by atoms with Crippen molar-refractivity contribution in [3.8, 4) is 0 Å². The van der Waals surface area contributed by atoms with E-state index in [9.17, 15) is 14.7 Å². The van der Waals surface area contributed by atoms with E-state index in [2.05, 4.69) is 0 Å². The smallest absolute Gasteiger partial charge is 0.346 e. The topological polar surface area (TPSA) is 63.6 Å². The molecule has 1 atom stereocenters. The van der Waals surface area contributed by atoms with Crippen LogP contribution in [0.15, 0.2) is 35.9 Å². The summed E-state index contributed by atoms with van der Waals surface area (Å²) in [5, 5.41) is 9.84. The number of aliphatic hydroxyl groups excluding tert-OH is 1. The number of Topliss-reactive ketones (excluding diaryl/α,β-unsaturated/α-hetero) is 1. The quantitative estimate of drug-likeness (QED) is 0.335. The Bertz CT molecular complexity index is 473. The highest BCUT2D eigenvalue weighted by atomic mass is 16.6. The van der Waals surface area contributed by atoms with Gasteiger partial charge >= 0.3 is 5.97 Å². The van der Waals surface area contributed by atoms with E-state index in [0.29, 0.717) is 5.56 Å². The van der Waals surface area contributed by atoms with Gasteiger partial charge in [0.15, 0.2) is 6.10 Å². The fourth-order valence-corrected chi connectivity index (χ4v) is 1.53. The van der Waals surface area contributed by atoms with Crippen molar-refractivity contribution in [3.63, 3.8) is 0 Å². The second kappa shape index (κ2) is 3.81. The van der Waals surface area contributed by atoms with Crippen LogP contribution in [0.1, 0.15) is 12.5 Å². The predicted molar refractivity (Wildman–Crippen MR) is 56.6 cm³/mol. The molecule has 0 radical (unpaired) electrons. The van der Waals surface area contributed by atoms with Crippen LogP contribution in [0.25, 0.3) is 5.76 Å². The van der Waals surface area contributed by atoms with Gasteiger partial charge in [-0.3, -0.25) is 4.79 Å². The summed E-state index contributed by atoms with van der Waals surface area (Å²) < 4.78 is 4.72. The van der Waals surface area contributed by atoms with Crippen LogP contribution in [-0.2, 0) is 14.3 Å². The summed E-state index contributed by atoms with van der Waals surface area (Å²) in [6.07, 6.45) is -0.812. The number of benzene rings is 1.